The number of nitrogens with one attached hydrogen (secondary N) is 1. The third kappa shape index (κ3) is 3.04. The summed E-state index contributed by atoms with van der Waals surface area (Å²) in [5, 5.41) is 7.62. The Morgan fingerprint density at radius 3 is 2.50 bits per heavy atom. The quantitative estimate of drug-likeness (QED) is 0.769. The third-order valence-corrected chi connectivity index (χ3v) is 3.39. The highest BCUT2D eigenvalue weighted by Gasteiger charge is 2.19. The first-order chi connectivity index (χ1) is 7.76. The fraction of sp³-hybridized carbons (Fsp3) is 0.833. The van der Waals surface area contributed by atoms with Crippen LogP contribution in [0.5, 0.6) is 0 Å². The molecule has 1 atom stereocenters. The molecule has 1 rings (SSSR count). The zero-order chi connectivity index (χ0) is 12.0. The van der Waals surface area contributed by atoms with Crippen molar-refractivity contribution in [1.29, 1.82) is 0 Å². The first kappa shape index (κ1) is 13.2. The molecule has 1 heterocycles. The molecule has 0 saturated carbocycles. The maximum atomic E-state index is 4.34. The number of hydrogen-bond donors (Lipinski definition) is 1. The number of aryl methyl sites for hydroxylation is 1. The molecule has 1 N–H and O–H groups in total. The predicted molar refractivity (Wildman–Crippen MR) is 66.3 cm³/mol. The van der Waals surface area contributed by atoms with Gasteiger partial charge in [0.1, 0.15) is 12.2 Å². The van der Waals surface area contributed by atoms with Crippen molar-refractivity contribution >= 4 is 0 Å². The lowest BCUT2D eigenvalue weighted by atomic mass is 9.92. The van der Waals surface area contributed by atoms with Crippen molar-refractivity contribution in [2.24, 2.45) is 5.92 Å². The standard InChI is InChI=1S/C12H24N4/c1-5-10(6-2)11(13-4)8-12-14-9-15-16(12)7-3/h9-11,13H,5-8H2,1-4H3. The van der Waals surface area contributed by atoms with Crippen molar-refractivity contribution in [2.45, 2.75) is 52.6 Å². The molecule has 1 unspecified atom stereocenters. The van der Waals surface area contributed by atoms with E-state index < -0.39 is 0 Å². The Hall–Kier alpha value is -0.900. The van der Waals surface area contributed by atoms with Crippen molar-refractivity contribution < 1.29 is 0 Å². The molecule has 1 aromatic heterocycles. The van der Waals surface area contributed by atoms with Crippen LogP contribution in [-0.2, 0) is 13.0 Å². The smallest absolute Gasteiger partial charge is 0.138 e. The summed E-state index contributed by atoms with van der Waals surface area (Å²) in [7, 11) is 2.04. The van der Waals surface area contributed by atoms with Crippen molar-refractivity contribution in [3.8, 4) is 0 Å². The number of hydrogen-bond acceptors (Lipinski definition) is 3. The van der Waals surface area contributed by atoms with E-state index in [2.05, 4.69) is 36.2 Å². The second kappa shape index (κ2) is 6.63. The fourth-order valence-electron chi connectivity index (χ4n) is 2.27. The monoisotopic (exact) mass is 224 g/mol. The van der Waals surface area contributed by atoms with Gasteiger partial charge in [-0.1, -0.05) is 26.7 Å². The van der Waals surface area contributed by atoms with Crippen LogP contribution in [0.4, 0.5) is 0 Å². The Labute approximate surface area is 98.5 Å². The summed E-state index contributed by atoms with van der Waals surface area (Å²) in [5.41, 5.74) is 0. The summed E-state index contributed by atoms with van der Waals surface area (Å²) in [6.07, 6.45) is 5.04. The lowest BCUT2D eigenvalue weighted by Crippen LogP contribution is -2.36. The molecule has 4 nitrogen and oxygen atoms in total. The molecule has 4 heteroatoms. The molecule has 0 aliphatic heterocycles. The van der Waals surface area contributed by atoms with Crippen LogP contribution in [0.2, 0.25) is 0 Å². The van der Waals surface area contributed by atoms with Gasteiger partial charge in [-0.2, -0.15) is 5.10 Å². The van der Waals surface area contributed by atoms with Gasteiger partial charge in [0.2, 0.25) is 0 Å². The maximum Gasteiger partial charge on any atom is 0.138 e. The van der Waals surface area contributed by atoms with E-state index in [1.807, 2.05) is 11.7 Å². The highest BCUT2D eigenvalue weighted by Crippen LogP contribution is 2.16. The van der Waals surface area contributed by atoms with Gasteiger partial charge in [-0.25, -0.2) is 4.98 Å². The Balaban J connectivity index is 2.69. The van der Waals surface area contributed by atoms with Gasteiger partial charge >= 0.3 is 0 Å². The summed E-state index contributed by atoms with van der Waals surface area (Å²) < 4.78 is 1.98. The van der Waals surface area contributed by atoms with Crippen LogP contribution < -0.4 is 5.32 Å². The van der Waals surface area contributed by atoms with Gasteiger partial charge in [0.05, 0.1) is 0 Å². The number of nitrogens with zero attached hydrogens (tertiary/aromatic N) is 3. The van der Waals surface area contributed by atoms with Crippen molar-refractivity contribution in [1.82, 2.24) is 20.1 Å². The molecule has 1 aromatic rings. The molecule has 0 aromatic carbocycles. The largest absolute Gasteiger partial charge is 0.316 e. The summed E-state index contributed by atoms with van der Waals surface area (Å²) in [6.45, 7) is 7.50. The minimum absolute atomic E-state index is 0.504. The van der Waals surface area contributed by atoms with E-state index in [0.29, 0.717) is 12.0 Å². The molecule has 0 bridgehead atoms. The Bertz CT molecular complexity index is 291. The van der Waals surface area contributed by atoms with Gasteiger partial charge in [0, 0.05) is 19.0 Å². The number of aromatic nitrogens is 3. The molecule has 92 valence electrons. The SMILES string of the molecule is CCC(CC)C(Cc1ncnn1CC)NC. The van der Waals surface area contributed by atoms with E-state index in [-0.39, 0.29) is 0 Å². The minimum atomic E-state index is 0.504. The van der Waals surface area contributed by atoms with E-state index in [0.717, 1.165) is 18.8 Å². The molecule has 16 heavy (non-hydrogen) atoms. The molecule has 0 amide bonds. The summed E-state index contributed by atoms with van der Waals surface area (Å²) in [5.74, 6) is 1.81. The van der Waals surface area contributed by atoms with E-state index in [1.165, 1.54) is 12.8 Å². The van der Waals surface area contributed by atoms with Crippen molar-refractivity contribution in [3.63, 3.8) is 0 Å². The van der Waals surface area contributed by atoms with Gasteiger partial charge in [0.15, 0.2) is 0 Å². The number of likely N-dealkylation sites (N-methyl/N-ethyl adjacent to an activating group) is 1. The third-order valence-electron chi connectivity index (χ3n) is 3.39. The molecular weight excluding hydrogens is 200 g/mol. The lowest BCUT2D eigenvalue weighted by molar-refractivity contribution is 0.340. The summed E-state index contributed by atoms with van der Waals surface area (Å²) in [4.78, 5) is 4.34. The second-order valence-corrected chi connectivity index (χ2v) is 4.17. The van der Waals surface area contributed by atoms with Crippen LogP contribution in [0.15, 0.2) is 6.33 Å². The zero-order valence-corrected chi connectivity index (χ0v) is 10.9. The Morgan fingerprint density at radius 1 is 1.31 bits per heavy atom. The van der Waals surface area contributed by atoms with Gasteiger partial charge in [-0.15, -0.1) is 0 Å². The average molecular weight is 224 g/mol. The average Bonchev–Trinajstić information content (AvgIpc) is 2.76. The Kier molecular flexibility index (Phi) is 5.46. The van der Waals surface area contributed by atoms with E-state index in [1.54, 1.807) is 6.33 Å². The van der Waals surface area contributed by atoms with Crippen LogP contribution >= 0.6 is 0 Å². The molecule has 0 aliphatic carbocycles. The predicted octanol–water partition coefficient (Wildman–Crippen LogP) is 1.86. The van der Waals surface area contributed by atoms with Crippen LogP contribution in [-0.4, -0.2) is 27.9 Å². The van der Waals surface area contributed by atoms with Gasteiger partial charge in [0.25, 0.3) is 0 Å². The first-order valence-electron chi connectivity index (χ1n) is 6.30. The van der Waals surface area contributed by atoms with Crippen LogP contribution in [0.3, 0.4) is 0 Å². The minimum Gasteiger partial charge on any atom is -0.316 e. The molecular formula is C12H24N4. The van der Waals surface area contributed by atoms with E-state index >= 15 is 0 Å². The Morgan fingerprint density at radius 2 is 2.00 bits per heavy atom. The normalized spacial score (nSPS) is 13.3. The molecule has 0 radical (unpaired) electrons. The zero-order valence-electron chi connectivity index (χ0n) is 10.9. The maximum absolute atomic E-state index is 4.34. The summed E-state index contributed by atoms with van der Waals surface area (Å²) in [6, 6.07) is 0.504. The van der Waals surface area contributed by atoms with Crippen molar-refractivity contribution in [2.75, 3.05) is 7.05 Å². The van der Waals surface area contributed by atoms with Gasteiger partial charge < -0.3 is 5.32 Å². The number of rotatable bonds is 7. The van der Waals surface area contributed by atoms with Gasteiger partial charge in [-0.3, -0.25) is 4.68 Å². The highest BCUT2D eigenvalue weighted by molar-refractivity contribution is 4.91. The summed E-state index contributed by atoms with van der Waals surface area (Å²) >= 11 is 0. The molecule has 0 fully saturated rings. The highest BCUT2D eigenvalue weighted by atomic mass is 15.3. The second-order valence-electron chi connectivity index (χ2n) is 4.17. The topological polar surface area (TPSA) is 42.7 Å². The van der Waals surface area contributed by atoms with Crippen LogP contribution in [0.1, 0.15) is 39.4 Å². The molecule has 0 saturated heterocycles. The van der Waals surface area contributed by atoms with Crippen molar-refractivity contribution in [3.05, 3.63) is 12.2 Å². The van der Waals surface area contributed by atoms with E-state index in [9.17, 15) is 0 Å². The van der Waals surface area contributed by atoms with E-state index in [4.69, 9.17) is 0 Å². The van der Waals surface area contributed by atoms with Crippen LogP contribution in [0, 0.1) is 5.92 Å². The molecule has 0 aliphatic rings. The molecule has 0 spiro atoms. The van der Waals surface area contributed by atoms with Crippen LogP contribution in [0.25, 0.3) is 0 Å². The van der Waals surface area contributed by atoms with Gasteiger partial charge in [-0.05, 0) is 19.9 Å². The first-order valence-corrected chi connectivity index (χ1v) is 6.30. The fourth-order valence-corrected chi connectivity index (χ4v) is 2.27. The lowest BCUT2D eigenvalue weighted by Gasteiger charge is -2.24.